The Morgan fingerprint density at radius 2 is 2.00 bits per heavy atom. The molecule has 0 aromatic heterocycles. The van der Waals surface area contributed by atoms with E-state index in [9.17, 15) is 8.78 Å². The van der Waals surface area contributed by atoms with Gasteiger partial charge in [0.25, 0.3) is 0 Å². The molecule has 2 N–H and O–H groups in total. The second kappa shape index (κ2) is 5.37. The van der Waals surface area contributed by atoms with Crippen LogP contribution in [0.4, 0.5) is 8.78 Å². The fourth-order valence-electron chi connectivity index (χ4n) is 0.878. The highest BCUT2D eigenvalue weighted by Crippen LogP contribution is 2.18. The molecule has 5 heteroatoms. The van der Waals surface area contributed by atoms with Gasteiger partial charge in [-0.1, -0.05) is 11.6 Å². The van der Waals surface area contributed by atoms with E-state index in [1.54, 1.807) is 0 Å². The van der Waals surface area contributed by atoms with E-state index in [-0.39, 0.29) is 17.4 Å². The van der Waals surface area contributed by atoms with Gasteiger partial charge in [0.2, 0.25) is 0 Å². The molecule has 1 rings (SSSR count). The summed E-state index contributed by atoms with van der Waals surface area (Å²) < 4.78 is 24.7. The molecule has 1 aromatic rings. The van der Waals surface area contributed by atoms with Crippen LogP contribution in [0.15, 0.2) is 18.2 Å². The normalized spacial score (nSPS) is 12.0. The summed E-state index contributed by atoms with van der Waals surface area (Å²) in [5, 5.41) is 0.230. The molecule has 1 nitrogen and oxygen atoms in total. The van der Waals surface area contributed by atoms with Gasteiger partial charge in [0.1, 0.15) is 12.5 Å². The molecule has 1 atom stereocenters. The SMILES string of the molecule is Cl.N[C@H](CF)c1cc(F)cc(Cl)c1. The van der Waals surface area contributed by atoms with E-state index >= 15 is 0 Å². The van der Waals surface area contributed by atoms with Gasteiger partial charge < -0.3 is 5.73 Å². The van der Waals surface area contributed by atoms with E-state index in [0.29, 0.717) is 5.56 Å². The van der Waals surface area contributed by atoms with Crippen molar-refractivity contribution in [2.45, 2.75) is 6.04 Å². The number of alkyl halides is 1. The van der Waals surface area contributed by atoms with Crippen molar-refractivity contribution in [2.24, 2.45) is 5.73 Å². The lowest BCUT2D eigenvalue weighted by Gasteiger charge is -2.07. The van der Waals surface area contributed by atoms with Crippen LogP contribution >= 0.6 is 24.0 Å². The van der Waals surface area contributed by atoms with Crippen LogP contribution in [0.25, 0.3) is 0 Å². The van der Waals surface area contributed by atoms with Crippen LogP contribution in [0, 0.1) is 5.82 Å². The number of benzene rings is 1. The smallest absolute Gasteiger partial charge is 0.125 e. The first kappa shape index (κ1) is 12.6. The van der Waals surface area contributed by atoms with Crippen molar-refractivity contribution in [3.8, 4) is 0 Å². The molecule has 0 saturated heterocycles. The Bertz CT molecular complexity index is 261. The van der Waals surface area contributed by atoms with E-state index in [2.05, 4.69) is 0 Å². The Labute approximate surface area is 86.3 Å². The van der Waals surface area contributed by atoms with Gasteiger partial charge in [-0.2, -0.15) is 0 Å². The van der Waals surface area contributed by atoms with Gasteiger partial charge in [-0.3, -0.25) is 0 Å². The first-order valence-corrected chi connectivity index (χ1v) is 3.79. The van der Waals surface area contributed by atoms with Crippen molar-refractivity contribution < 1.29 is 8.78 Å². The molecule has 0 bridgehead atoms. The fourth-order valence-corrected chi connectivity index (χ4v) is 1.11. The third-order valence-corrected chi connectivity index (χ3v) is 1.70. The molecule has 0 radical (unpaired) electrons. The summed E-state index contributed by atoms with van der Waals surface area (Å²) >= 11 is 5.53. The van der Waals surface area contributed by atoms with Crippen LogP contribution in [0.3, 0.4) is 0 Å². The second-order valence-corrected chi connectivity index (χ2v) is 2.90. The molecule has 0 heterocycles. The highest BCUT2D eigenvalue weighted by Gasteiger charge is 2.07. The zero-order valence-electron chi connectivity index (χ0n) is 6.64. The van der Waals surface area contributed by atoms with Crippen molar-refractivity contribution in [1.82, 2.24) is 0 Å². The minimum atomic E-state index is -0.793. The van der Waals surface area contributed by atoms with Crippen LogP contribution < -0.4 is 5.73 Å². The average molecular weight is 228 g/mol. The molecule has 0 aliphatic carbocycles. The molecular formula is C8H9Cl2F2N. The minimum absolute atomic E-state index is 0. The molecule has 0 saturated carbocycles. The molecule has 0 aliphatic rings. The largest absolute Gasteiger partial charge is 0.322 e. The van der Waals surface area contributed by atoms with Crippen LogP contribution in [0.1, 0.15) is 11.6 Å². The fraction of sp³-hybridized carbons (Fsp3) is 0.250. The summed E-state index contributed by atoms with van der Waals surface area (Å²) in [5.41, 5.74) is 5.71. The quantitative estimate of drug-likeness (QED) is 0.827. The number of hydrogen-bond acceptors (Lipinski definition) is 1. The highest BCUT2D eigenvalue weighted by atomic mass is 35.5. The molecular weight excluding hydrogens is 219 g/mol. The number of halogens is 4. The van der Waals surface area contributed by atoms with Crippen LogP contribution in [-0.2, 0) is 0 Å². The highest BCUT2D eigenvalue weighted by molar-refractivity contribution is 6.30. The first-order valence-electron chi connectivity index (χ1n) is 3.41. The van der Waals surface area contributed by atoms with Gasteiger partial charge in [-0.05, 0) is 23.8 Å². The minimum Gasteiger partial charge on any atom is -0.322 e. The van der Waals surface area contributed by atoms with Gasteiger partial charge in [0.15, 0.2) is 0 Å². The predicted molar refractivity (Wildman–Crippen MR) is 51.6 cm³/mol. The van der Waals surface area contributed by atoms with Gasteiger partial charge >= 0.3 is 0 Å². The van der Waals surface area contributed by atoms with E-state index in [4.69, 9.17) is 17.3 Å². The summed E-state index contributed by atoms with van der Waals surface area (Å²) in [6, 6.07) is 2.99. The summed E-state index contributed by atoms with van der Waals surface area (Å²) in [5.74, 6) is -0.499. The lowest BCUT2D eigenvalue weighted by atomic mass is 10.1. The maximum atomic E-state index is 12.7. The van der Waals surface area contributed by atoms with Gasteiger partial charge in [0, 0.05) is 5.02 Å². The zero-order chi connectivity index (χ0) is 9.14. The maximum Gasteiger partial charge on any atom is 0.125 e. The molecule has 0 unspecified atom stereocenters. The van der Waals surface area contributed by atoms with Crippen molar-refractivity contribution in [1.29, 1.82) is 0 Å². The number of nitrogens with two attached hydrogens (primary N) is 1. The molecule has 1 aromatic carbocycles. The standard InChI is InChI=1S/C8H8ClF2N.ClH/c9-6-1-5(8(12)4-10)2-7(11)3-6;/h1-3,8H,4,12H2;1H/t8-;/m1./s1. The van der Waals surface area contributed by atoms with Gasteiger partial charge in [0.05, 0.1) is 6.04 Å². The predicted octanol–water partition coefficient (Wildman–Crippen LogP) is 2.87. The first-order chi connectivity index (χ1) is 5.63. The lowest BCUT2D eigenvalue weighted by Crippen LogP contribution is -2.12. The topological polar surface area (TPSA) is 26.0 Å². The molecule has 0 spiro atoms. The summed E-state index contributed by atoms with van der Waals surface area (Å²) in [6.45, 7) is -0.722. The van der Waals surface area contributed by atoms with Crippen LogP contribution in [0.5, 0.6) is 0 Å². The third kappa shape index (κ3) is 3.46. The van der Waals surface area contributed by atoms with Crippen molar-refractivity contribution >= 4 is 24.0 Å². The van der Waals surface area contributed by atoms with Gasteiger partial charge in [-0.25, -0.2) is 8.78 Å². The number of hydrogen-bond donors (Lipinski definition) is 1. The summed E-state index contributed by atoms with van der Waals surface area (Å²) in [6.07, 6.45) is 0. The molecule has 74 valence electrons. The monoisotopic (exact) mass is 227 g/mol. The van der Waals surface area contributed by atoms with Crippen molar-refractivity contribution in [3.63, 3.8) is 0 Å². The zero-order valence-corrected chi connectivity index (χ0v) is 8.21. The van der Waals surface area contributed by atoms with Gasteiger partial charge in [-0.15, -0.1) is 12.4 Å². The Morgan fingerprint density at radius 1 is 1.38 bits per heavy atom. The second-order valence-electron chi connectivity index (χ2n) is 2.46. The van der Waals surface area contributed by atoms with E-state index in [1.165, 1.54) is 12.1 Å². The molecule has 0 amide bonds. The van der Waals surface area contributed by atoms with Crippen molar-refractivity contribution in [2.75, 3.05) is 6.67 Å². The Morgan fingerprint density at radius 3 is 2.46 bits per heavy atom. The average Bonchev–Trinajstić information content (AvgIpc) is 2.01. The molecule has 0 aliphatic heterocycles. The Hall–Kier alpha value is -0.380. The summed E-state index contributed by atoms with van der Waals surface area (Å²) in [4.78, 5) is 0. The molecule has 0 fully saturated rings. The molecule has 13 heavy (non-hydrogen) atoms. The van der Waals surface area contributed by atoms with Crippen molar-refractivity contribution in [3.05, 3.63) is 34.6 Å². The Balaban J connectivity index is 0.00000144. The number of rotatable bonds is 2. The lowest BCUT2D eigenvalue weighted by molar-refractivity contribution is 0.436. The van der Waals surface area contributed by atoms with Crippen LogP contribution in [-0.4, -0.2) is 6.67 Å². The van der Waals surface area contributed by atoms with E-state index in [0.717, 1.165) is 6.07 Å². The van der Waals surface area contributed by atoms with E-state index < -0.39 is 18.5 Å². The Kier molecular flexibility index (Phi) is 5.21. The van der Waals surface area contributed by atoms with Crippen LogP contribution in [0.2, 0.25) is 5.02 Å². The third-order valence-electron chi connectivity index (χ3n) is 1.48. The maximum absolute atomic E-state index is 12.7. The van der Waals surface area contributed by atoms with E-state index in [1.807, 2.05) is 0 Å². The summed E-state index contributed by atoms with van der Waals surface area (Å²) in [7, 11) is 0.